The van der Waals surface area contributed by atoms with Crippen molar-refractivity contribution < 1.29 is 4.74 Å². The molecule has 0 bridgehead atoms. The Hall–Kier alpha value is -0.420. The number of morpholine rings is 1. The lowest BCUT2D eigenvalue weighted by molar-refractivity contribution is 0.0343. The second-order valence-electron chi connectivity index (χ2n) is 4.82. The normalized spacial score (nSPS) is 18.8. The van der Waals surface area contributed by atoms with Crippen LogP contribution in [0.15, 0.2) is 28.7 Å². The molecule has 1 N–H and O–H groups in total. The maximum absolute atomic E-state index is 5.36. The molecule has 4 heteroatoms. The third kappa shape index (κ3) is 4.69. The molecule has 0 aromatic heterocycles. The Morgan fingerprint density at radius 1 is 1.39 bits per heavy atom. The van der Waals surface area contributed by atoms with Gasteiger partial charge in [0.1, 0.15) is 0 Å². The lowest BCUT2D eigenvalue weighted by atomic mass is 10.2. The fraction of sp³-hybridized carbons (Fsp3) is 0.571. The maximum Gasteiger partial charge on any atom is 0.0594 e. The Bertz CT molecular complexity index is 367. The van der Waals surface area contributed by atoms with Crippen LogP contribution >= 0.6 is 15.9 Å². The molecule has 0 aliphatic carbocycles. The third-order valence-corrected chi connectivity index (χ3v) is 3.67. The molecule has 1 unspecified atom stereocenters. The monoisotopic (exact) mass is 312 g/mol. The van der Waals surface area contributed by atoms with Crippen molar-refractivity contribution in [3.8, 4) is 0 Å². The quantitative estimate of drug-likeness (QED) is 0.902. The van der Waals surface area contributed by atoms with Crippen molar-refractivity contribution >= 4 is 15.9 Å². The molecule has 2 rings (SSSR count). The van der Waals surface area contributed by atoms with Gasteiger partial charge in [-0.15, -0.1) is 0 Å². The number of benzene rings is 1. The molecule has 1 heterocycles. The van der Waals surface area contributed by atoms with Crippen LogP contribution in [-0.4, -0.2) is 43.8 Å². The van der Waals surface area contributed by atoms with E-state index in [2.05, 4.69) is 57.3 Å². The number of rotatable bonds is 5. The van der Waals surface area contributed by atoms with Crippen molar-refractivity contribution in [3.05, 3.63) is 34.3 Å². The summed E-state index contributed by atoms with van der Waals surface area (Å²) in [5.74, 6) is 0. The lowest BCUT2D eigenvalue weighted by Crippen LogP contribution is -2.44. The highest BCUT2D eigenvalue weighted by Gasteiger charge is 2.13. The summed E-state index contributed by atoms with van der Waals surface area (Å²) >= 11 is 3.50. The molecule has 18 heavy (non-hydrogen) atoms. The van der Waals surface area contributed by atoms with Gasteiger partial charge in [0.15, 0.2) is 0 Å². The lowest BCUT2D eigenvalue weighted by Gasteiger charge is -2.29. The van der Waals surface area contributed by atoms with Crippen molar-refractivity contribution in [2.75, 3.05) is 32.8 Å². The Labute approximate surface area is 118 Å². The molecule has 0 amide bonds. The van der Waals surface area contributed by atoms with Gasteiger partial charge in [-0.25, -0.2) is 0 Å². The van der Waals surface area contributed by atoms with Gasteiger partial charge in [-0.2, -0.15) is 0 Å². The van der Waals surface area contributed by atoms with Crippen LogP contribution in [0.1, 0.15) is 12.5 Å². The number of hydrogen-bond acceptors (Lipinski definition) is 3. The Balaban J connectivity index is 1.72. The molecule has 0 radical (unpaired) electrons. The minimum atomic E-state index is 0.502. The fourth-order valence-corrected chi connectivity index (χ4v) is 2.62. The van der Waals surface area contributed by atoms with E-state index in [0.717, 1.165) is 43.9 Å². The highest BCUT2D eigenvalue weighted by Crippen LogP contribution is 2.11. The van der Waals surface area contributed by atoms with E-state index in [9.17, 15) is 0 Å². The molecule has 1 fully saturated rings. The minimum absolute atomic E-state index is 0.502. The van der Waals surface area contributed by atoms with E-state index < -0.39 is 0 Å². The molecule has 100 valence electrons. The molecule has 1 aliphatic heterocycles. The van der Waals surface area contributed by atoms with Gasteiger partial charge in [0.25, 0.3) is 0 Å². The van der Waals surface area contributed by atoms with E-state index in [1.165, 1.54) is 5.56 Å². The average molecular weight is 313 g/mol. The van der Waals surface area contributed by atoms with E-state index in [-0.39, 0.29) is 0 Å². The predicted octanol–water partition coefficient (Wildman–Crippen LogP) is 2.26. The zero-order valence-electron chi connectivity index (χ0n) is 10.9. The van der Waals surface area contributed by atoms with Crippen LogP contribution in [0.25, 0.3) is 0 Å². The van der Waals surface area contributed by atoms with Gasteiger partial charge in [0, 0.05) is 36.7 Å². The van der Waals surface area contributed by atoms with Gasteiger partial charge in [0.05, 0.1) is 13.2 Å². The van der Waals surface area contributed by atoms with Crippen LogP contribution in [0.2, 0.25) is 0 Å². The SMILES string of the molecule is CC(CN1CCOCC1)NCc1cccc(Br)c1. The van der Waals surface area contributed by atoms with Gasteiger partial charge in [-0.1, -0.05) is 28.1 Å². The van der Waals surface area contributed by atoms with E-state index in [1.807, 2.05) is 0 Å². The highest BCUT2D eigenvalue weighted by molar-refractivity contribution is 9.10. The van der Waals surface area contributed by atoms with Crippen molar-refractivity contribution in [1.29, 1.82) is 0 Å². The van der Waals surface area contributed by atoms with Gasteiger partial charge < -0.3 is 10.1 Å². The molecule has 0 spiro atoms. The Morgan fingerprint density at radius 3 is 2.89 bits per heavy atom. The standard InChI is InChI=1S/C14H21BrN2O/c1-12(11-17-5-7-18-8-6-17)16-10-13-3-2-4-14(15)9-13/h2-4,9,12,16H,5-8,10-11H2,1H3. The number of ether oxygens (including phenoxy) is 1. The summed E-state index contributed by atoms with van der Waals surface area (Å²) in [6, 6.07) is 8.95. The van der Waals surface area contributed by atoms with Gasteiger partial charge in [-0.3, -0.25) is 4.90 Å². The molecule has 1 atom stereocenters. The summed E-state index contributed by atoms with van der Waals surface area (Å²) in [5.41, 5.74) is 1.32. The summed E-state index contributed by atoms with van der Waals surface area (Å²) in [7, 11) is 0. The Kier molecular flexibility index (Phi) is 5.63. The summed E-state index contributed by atoms with van der Waals surface area (Å²) in [6.07, 6.45) is 0. The fourth-order valence-electron chi connectivity index (χ4n) is 2.17. The van der Waals surface area contributed by atoms with Gasteiger partial charge >= 0.3 is 0 Å². The number of hydrogen-bond donors (Lipinski definition) is 1. The summed E-state index contributed by atoms with van der Waals surface area (Å²) in [6.45, 7) is 8.12. The second-order valence-corrected chi connectivity index (χ2v) is 5.74. The number of halogens is 1. The highest BCUT2D eigenvalue weighted by atomic mass is 79.9. The van der Waals surface area contributed by atoms with Crippen LogP contribution in [0.4, 0.5) is 0 Å². The Morgan fingerprint density at radius 2 is 2.17 bits per heavy atom. The summed E-state index contributed by atoms with van der Waals surface area (Å²) in [4.78, 5) is 2.46. The molecule has 1 saturated heterocycles. The first-order chi connectivity index (χ1) is 8.74. The van der Waals surface area contributed by atoms with Crippen LogP contribution in [-0.2, 0) is 11.3 Å². The zero-order valence-corrected chi connectivity index (χ0v) is 12.4. The zero-order chi connectivity index (χ0) is 12.8. The first kappa shape index (κ1) is 14.0. The van der Waals surface area contributed by atoms with Crippen LogP contribution in [0.3, 0.4) is 0 Å². The maximum atomic E-state index is 5.36. The minimum Gasteiger partial charge on any atom is -0.379 e. The number of nitrogens with one attached hydrogen (secondary N) is 1. The van der Waals surface area contributed by atoms with Gasteiger partial charge in [-0.05, 0) is 24.6 Å². The van der Waals surface area contributed by atoms with E-state index in [4.69, 9.17) is 4.74 Å². The molecule has 1 aliphatic rings. The third-order valence-electron chi connectivity index (χ3n) is 3.18. The second kappa shape index (κ2) is 7.24. The van der Waals surface area contributed by atoms with Crippen LogP contribution in [0.5, 0.6) is 0 Å². The van der Waals surface area contributed by atoms with Crippen LogP contribution < -0.4 is 5.32 Å². The molecular weight excluding hydrogens is 292 g/mol. The predicted molar refractivity (Wildman–Crippen MR) is 77.7 cm³/mol. The molecular formula is C14H21BrN2O. The van der Waals surface area contributed by atoms with E-state index in [1.54, 1.807) is 0 Å². The molecule has 3 nitrogen and oxygen atoms in total. The number of nitrogens with zero attached hydrogens (tertiary/aromatic N) is 1. The first-order valence-corrected chi connectivity index (χ1v) is 7.31. The van der Waals surface area contributed by atoms with Crippen molar-refractivity contribution in [2.45, 2.75) is 19.5 Å². The molecule has 0 saturated carbocycles. The van der Waals surface area contributed by atoms with E-state index in [0.29, 0.717) is 6.04 Å². The van der Waals surface area contributed by atoms with Crippen molar-refractivity contribution in [2.24, 2.45) is 0 Å². The largest absolute Gasteiger partial charge is 0.379 e. The van der Waals surface area contributed by atoms with Gasteiger partial charge in [0.2, 0.25) is 0 Å². The van der Waals surface area contributed by atoms with Crippen molar-refractivity contribution in [3.63, 3.8) is 0 Å². The first-order valence-electron chi connectivity index (χ1n) is 6.52. The van der Waals surface area contributed by atoms with E-state index >= 15 is 0 Å². The average Bonchev–Trinajstić information content (AvgIpc) is 2.38. The molecule has 1 aromatic rings. The summed E-state index contributed by atoms with van der Waals surface area (Å²) in [5, 5.41) is 3.57. The summed E-state index contributed by atoms with van der Waals surface area (Å²) < 4.78 is 6.50. The van der Waals surface area contributed by atoms with Crippen LogP contribution in [0, 0.1) is 0 Å². The smallest absolute Gasteiger partial charge is 0.0594 e. The topological polar surface area (TPSA) is 24.5 Å². The molecule has 1 aromatic carbocycles. The van der Waals surface area contributed by atoms with Crippen molar-refractivity contribution in [1.82, 2.24) is 10.2 Å².